The Kier molecular flexibility index (Phi) is 9.49. The molecule has 0 N–H and O–H groups in total. The van der Waals surface area contributed by atoms with Crippen LogP contribution < -0.4 is 4.90 Å². The minimum Gasteiger partial charge on any atom is -0.343 e. The highest BCUT2D eigenvalue weighted by atomic mass is 35.5. The van der Waals surface area contributed by atoms with E-state index in [1.165, 1.54) is 12.1 Å². The fourth-order valence-corrected chi connectivity index (χ4v) is 7.50. The summed E-state index contributed by atoms with van der Waals surface area (Å²) in [6, 6.07) is 12.0. The molecule has 2 unspecified atom stereocenters. The maximum Gasteiger partial charge on any atom is 0.253 e. The Morgan fingerprint density at radius 3 is 2.12 bits per heavy atom. The monoisotopic (exact) mass is 628 g/mol. The van der Waals surface area contributed by atoms with E-state index < -0.39 is 9.84 Å². The maximum absolute atomic E-state index is 13.7. The Hall–Kier alpha value is -2.95. The van der Waals surface area contributed by atoms with Crippen molar-refractivity contribution in [2.24, 2.45) is 17.8 Å². The third kappa shape index (κ3) is 7.24. The molecule has 2 atom stereocenters. The van der Waals surface area contributed by atoms with Gasteiger partial charge in [0.2, 0.25) is 11.8 Å². The highest BCUT2D eigenvalue weighted by molar-refractivity contribution is 7.90. The molecule has 0 saturated carbocycles. The number of hydrogen-bond acceptors (Lipinski definition) is 6. The van der Waals surface area contributed by atoms with Crippen molar-refractivity contribution < 1.29 is 22.8 Å². The molecule has 3 saturated heterocycles. The molecule has 5 rings (SSSR count). The molecule has 2 aromatic carbocycles. The second-order valence-electron chi connectivity index (χ2n) is 12.3. The molecule has 11 heteroatoms. The molecule has 2 aromatic rings. The summed E-state index contributed by atoms with van der Waals surface area (Å²) < 4.78 is 23.5. The number of halogens is 1. The summed E-state index contributed by atoms with van der Waals surface area (Å²) >= 11 is 6.45. The first kappa shape index (κ1) is 31.5. The smallest absolute Gasteiger partial charge is 0.253 e. The second-order valence-corrected chi connectivity index (χ2v) is 14.8. The fraction of sp³-hybridized carbons (Fsp3) is 0.531. The lowest BCUT2D eigenvalue weighted by molar-refractivity contribution is -0.133. The van der Waals surface area contributed by atoms with Crippen molar-refractivity contribution >= 4 is 44.8 Å². The number of carbonyl (C=O) groups is 3. The number of fused-ring (bicyclic) bond motifs is 1. The van der Waals surface area contributed by atoms with Gasteiger partial charge >= 0.3 is 0 Å². The van der Waals surface area contributed by atoms with Gasteiger partial charge in [0.05, 0.1) is 4.90 Å². The number of amides is 3. The van der Waals surface area contributed by atoms with Gasteiger partial charge in [-0.05, 0) is 86.5 Å². The number of benzene rings is 2. The van der Waals surface area contributed by atoms with Gasteiger partial charge in [-0.1, -0.05) is 17.7 Å². The van der Waals surface area contributed by atoms with Gasteiger partial charge in [-0.3, -0.25) is 14.4 Å². The summed E-state index contributed by atoms with van der Waals surface area (Å²) in [5, 5.41) is 0.638. The number of likely N-dealkylation sites (tertiary alicyclic amines) is 3. The zero-order valence-corrected chi connectivity index (χ0v) is 26.7. The van der Waals surface area contributed by atoms with Gasteiger partial charge in [0.15, 0.2) is 9.84 Å². The number of hydrogen-bond donors (Lipinski definition) is 0. The van der Waals surface area contributed by atoms with Gasteiger partial charge in [-0.2, -0.15) is 0 Å². The Morgan fingerprint density at radius 2 is 1.56 bits per heavy atom. The van der Waals surface area contributed by atoms with Crippen LogP contribution in [-0.2, 0) is 19.4 Å². The summed E-state index contributed by atoms with van der Waals surface area (Å²) in [6.45, 7) is 9.40. The van der Waals surface area contributed by atoms with Gasteiger partial charge in [0.25, 0.3) is 5.91 Å². The number of piperidine rings is 1. The Morgan fingerprint density at radius 1 is 0.930 bits per heavy atom. The van der Waals surface area contributed by atoms with Gasteiger partial charge in [-0.25, -0.2) is 8.42 Å². The molecule has 0 aromatic heterocycles. The van der Waals surface area contributed by atoms with Crippen molar-refractivity contribution in [2.45, 2.75) is 38.0 Å². The topological polar surface area (TPSA) is 98.3 Å². The first-order valence-electron chi connectivity index (χ1n) is 15.1. The summed E-state index contributed by atoms with van der Waals surface area (Å²) in [5.41, 5.74) is 2.29. The third-order valence-corrected chi connectivity index (χ3v) is 10.8. The van der Waals surface area contributed by atoms with Crippen LogP contribution >= 0.6 is 11.6 Å². The van der Waals surface area contributed by atoms with Crippen LogP contribution in [-0.4, -0.2) is 99.5 Å². The van der Waals surface area contributed by atoms with E-state index in [9.17, 15) is 22.8 Å². The predicted octanol–water partition coefficient (Wildman–Crippen LogP) is 3.74. The molecule has 43 heavy (non-hydrogen) atoms. The van der Waals surface area contributed by atoms with Gasteiger partial charge < -0.3 is 19.6 Å². The van der Waals surface area contributed by atoms with Crippen molar-refractivity contribution in [3.05, 3.63) is 58.6 Å². The van der Waals surface area contributed by atoms with Crippen LogP contribution in [0.5, 0.6) is 0 Å². The van der Waals surface area contributed by atoms with Crippen molar-refractivity contribution in [1.29, 1.82) is 0 Å². The molecule has 3 amide bonds. The van der Waals surface area contributed by atoms with E-state index in [0.29, 0.717) is 68.0 Å². The molecule has 3 aliphatic heterocycles. The zero-order valence-electron chi connectivity index (χ0n) is 25.2. The minimum atomic E-state index is -3.30. The molecule has 0 aliphatic carbocycles. The number of aryl methyl sites for hydroxylation is 1. The van der Waals surface area contributed by atoms with E-state index >= 15 is 0 Å². The van der Waals surface area contributed by atoms with Crippen LogP contribution in [0.3, 0.4) is 0 Å². The summed E-state index contributed by atoms with van der Waals surface area (Å²) in [7, 11) is -3.30. The quantitative estimate of drug-likeness (QED) is 0.442. The third-order valence-electron chi connectivity index (χ3n) is 9.26. The lowest BCUT2D eigenvalue weighted by Gasteiger charge is -2.34. The molecule has 0 spiro atoms. The second kappa shape index (κ2) is 13.0. The van der Waals surface area contributed by atoms with E-state index in [-0.39, 0.29) is 28.5 Å². The number of carbonyl (C=O) groups excluding carboxylic acids is 3. The Labute approximate surface area is 259 Å². The average Bonchev–Trinajstić information content (AvgIpc) is 3.55. The largest absolute Gasteiger partial charge is 0.343 e. The van der Waals surface area contributed by atoms with Crippen molar-refractivity contribution in [3.8, 4) is 0 Å². The molecular weight excluding hydrogens is 588 g/mol. The summed E-state index contributed by atoms with van der Waals surface area (Å²) in [6.07, 6.45) is 3.31. The van der Waals surface area contributed by atoms with E-state index in [0.717, 1.165) is 43.6 Å². The highest BCUT2D eigenvalue weighted by Gasteiger charge is 2.41. The van der Waals surface area contributed by atoms with E-state index in [2.05, 4.69) is 4.90 Å². The van der Waals surface area contributed by atoms with Crippen LogP contribution in [0.4, 0.5) is 5.69 Å². The molecule has 3 aliphatic rings. The van der Waals surface area contributed by atoms with Crippen LogP contribution in [0.2, 0.25) is 5.02 Å². The van der Waals surface area contributed by atoms with Crippen LogP contribution in [0.15, 0.2) is 47.4 Å². The molecule has 3 heterocycles. The van der Waals surface area contributed by atoms with E-state index in [1.54, 1.807) is 19.1 Å². The normalized spacial score (nSPS) is 21.2. The fourth-order valence-electron chi connectivity index (χ4n) is 6.70. The van der Waals surface area contributed by atoms with E-state index in [4.69, 9.17) is 11.6 Å². The Bertz CT molecular complexity index is 1460. The maximum atomic E-state index is 13.7. The summed E-state index contributed by atoms with van der Waals surface area (Å²) in [4.78, 5) is 46.8. The SMILES string of the molecule is CC(=O)N1CCC(C(=O)N(CCCN2CC3CN(C(=O)c4ccc(S(C)(=O)=O)cc4)CC3C2)c2ccc(C)c(Cl)c2)CC1. The van der Waals surface area contributed by atoms with Crippen molar-refractivity contribution in [2.75, 3.05) is 63.5 Å². The number of rotatable bonds is 8. The molecule has 3 fully saturated rings. The van der Waals surface area contributed by atoms with Crippen LogP contribution in [0.1, 0.15) is 42.1 Å². The van der Waals surface area contributed by atoms with Crippen molar-refractivity contribution in [1.82, 2.24) is 14.7 Å². The molecule has 0 bridgehead atoms. The highest BCUT2D eigenvalue weighted by Crippen LogP contribution is 2.33. The van der Waals surface area contributed by atoms with E-state index in [1.807, 2.05) is 39.8 Å². The number of anilines is 1. The number of sulfone groups is 1. The van der Waals surface area contributed by atoms with Gasteiger partial charge in [-0.15, -0.1) is 0 Å². The first-order valence-corrected chi connectivity index (χ1v) is 17.3. The van der Waals surface area contributed by atoms with Crippen LogP contribution in [0, 0.1) is 24.7 Å². The van der Waals surface area contributed by atoms with Crippen LogP contribution in [0.25, 0.3) is 0 Å². The zero-order chi connectivity index (χ0) is 30.9. The molecule has 0 radical (unpaired) electrons. The van der Waals surface area contributed by atoms with Gasteiger partial charge in [0.1, 0.15) is 0 Å². The minimum absolute atomic E-state index is 0.0546. The summed E-state index contributed by atoms with van der Waals surface area (Å²) in [5.74, 6) is 0.784. The molecule has 9 nitrogen and oxygen atoms in total. The first-order chi connectivity index (χ1) is 20.4. The molecule has 232 valence electrons. The lowest BCUT2D eigenvalue weighted by atomic mass is 9.94. The van der Waals surface area contributed by atoms with Crippen molar-refractivity contribution in [3.63, 3.8) is 0 Å². The lowest BCUT2D eigenvalue weighted by Crippen LogP contribution is -2.44. The Balaban J connectivity index is 1.15. The molecular formula is C32H41ClN4O5S. The standard InChI is InChI=1S/C32H41ClN4O5S/c1-22-5-8-28(17-30(22)33)37(32(40)25-11-15-35(16-12-25)23(2)38)14-4-13-34-18-26-20-36(21-27(26)19-34)31(39)24-6-9-29(10-7-24)43(3,41)42/h5-10,17,25-27H,4,11-16,18-21H2,1-3H3. The predicted molar refractivity (Wildman–Crippen MR) is 167 cm³/mol. The average molecular weight is 629 g/mol. The number of nitrogens with zero attached hydrogens (tertiary/aromatic N) is 4. The van der Waals surface area contributed by atoms with Gasteiger partial charge in [0, 0.05) is 81.2 Å².